The predicted molar refractivity (Wildman–Crippen MR) is 137 cm³/mol. The molecule has 0 amide bonds. The van der Waals surface area contributed by atoms with Gasteiger partial charge < -0.3 is 14.8 Å². The fraction of sp³-hybridized carbons (Fsp3) is 0.192. The fourth-order valence-electron chi connectivity index (χ4n) is 4.68. The van der Waals surface area contributed by atoms with Gasteiger partial charge in [0.1, 0.15) is 5.82 Å². The molecule has 0 bridgehead atoms. The van der Waals surface area contributed by atoms with Gasteiger partial charge in [0.2, 0.25) is 0 Å². The number of pyridine rings is 2. The molecule has 1 saturated heterocycles. The zero-order valence-electron chi connectivity index (χ0n) is 18.7. The second-order valence-electron chi connectivity index (χ2n) is 8.28. The average Bonchev–Trinajstić information content (AvgIpc) is 3.31. The molecule has 2 atom stereocenters. The molecule has 1 aromatic carbocycles. The zero-order valence-corrected chi connectivity index (χ0v) is 20.2. The van der Waals surface area contributed by atoms with Crippen molar-refractivity contribution in [2.75, 3.05) is 4.90 Å². The third-order valence-corrected chi connectivity index (χ3v) is 6.75. The largest absolute Gasteiger partial charge is 0.351 e. The molecule has 0 spiro atoms. The molecule has 4 aromatic rings. The second kappa shape index (κ2) is 8.61. The van der Waals surface area contributed by atoms with E-state index in [1.54, 1.807) is 0 Å². The summed E-state index contributed by atoms with van der Waals surface area (Å²) in [5.74, 6) is 0.944. The maximum Gasteiger partial charge on any atom is 0.174 e. The monoisotopic (exact) mass is 473 g/mol. The Morgan fingerprint density at radius 1 is 0.939 bits per heavy atom. The van der Waals surface area contributed by atoms with Crippen LogP contribution in [0.5, 0.6) is 0 Å². The van der Waals surface area contributed by atoms with Crippen LogP contribution in [-0.2, 0) is 0 Å². The summed E-state index contributed by atoms with van der Waals surface area (Å²) in [4.78, 5) is 11.5. The van der Waals surface area contributed by atoms with Gasteiger partial charge in [0, 0.05) is 34.5 Å². The molecule has 5 rings (SSSR count). The molecule has 4 heterocycles. The highest BCUT2D eigenvalue weighted by atomic mass is 35.5. The molecule has 0 radical (unpaired) electrons. The Bertz CT molecular complexity index is 1320. The fourth-order valence-corrected chi connectivity index (χ4v) is 5.15. The van der Waals surface area contributed by atoms with Crippen LogP contribution in [0.25, 0.3) is 5.82 Å². The molecule has 3 aromatic heterocycles. The number of rotatable bonds is 4. The molecule has 1 aliphatic rings. The number of benzene rings is 1. The van der Waals surface area contributed by atoms with E-state index in [1.807, 2.05) is 60.9 Å². The molecule has 5 nitrogen and oxygen atoms in total. The summed E-state index contributed by atoms with van der Waals surface area (Å²) in [5.41, 5.74) is 6.49. The minimum Gasteiger partial charge on any atom is -0.351 e. The maximum atomic E-state index is 6.18. The minimum absolute atomic E-state index is 0.0856. The van der Waals surface area contributed by atoms with E-state index in [1.165, 1.54) is 5.56 Å². The molecule has 166 valence electrons. The van der Waals surface area contributed by atoms with Crippen LogP contribution < -0.4 is 10.2 Å². The van der Waals surface area contributed by atoms with Crippen LogP contribution in [0, 0.1) is 20.8 Å². The number of hydrogen-bond acceptors (Lipinski definition) is 3. The Hall–Kier alpha value is -3.22. The van der Waals surface area contributed by atoms with Gasteiger partial charge in [-0.15, -0.1) is 0 Å². The molecular formula is C26H24ClN5S. The highest BCUT2D eigenvalue weighted by Crippen LogP contribution is 2.43. The predicted octanol–water partition coefficient (Wildman–Crippen LogP) is 6.02. The number of nitrogens with one attached hydrogen (secondary N) is 1. The van der Waals surface area contributed by atoms with E-state index in [0.717, 1.165) is 34.2 Å². The SMILES string of the molecule is Cc1cccnc1-n1c(C)cc([C@@H]2[C@@H](c3ccccn3)NC(=S)N2c2ccc(Cl)cc2)c1C. The van der Waals surface area contributed by atoms with E-state index in [4.69, 9.17) is 23.8 Å². The van der Waals surface area contributed by atoms with E-state index in [2.05, 4.69) is 57.7 Å². The molecule has 33 heavy (non-hydrogen) atoms. The van der Waals surface area contributed by atoms with Crippen LogP contribution in [0.4, 0.5) is 5.69 Å². The van der Waals surface area contributed by atoms with Crippen LogP contribution in [-0.4, -0.2) is 19.6 Å². The van der Waals surface area contributed by atoms with E-state index >= 15 is 0 Å². The molecule has 0 unspecified atom stereocenters. The maximum absolute atomic E-state index is 6.18. The van der Waals surface area contributed by atoms with Crippen molar-refractivity contribution >= 4 is 34.6 Å². The van der Waals surface area contributed by atoms with Crippen LogP contribution in [0.15, 0.2) is 73.1 Å². The number of nitrogens with zero attached hydrogens (tertiary/aromatic N) is 4. The third kappa shape index (κ3) is 3.79. The summed E-state index contributed by atoms with van der Waals surface area (Å²) < 4.78 is 2.22. The van der Waals surface area contributed by atoms with E-state index in [0.29, 0.717) is 10.1 Å². The number of aryl methyl sites for hydroxylation is 2. The number of aromatic nitrogens is 3. The Balaban J connectivity index is 1.69. The van der Waals surface area contributed by atoms with Crippen molar-refractivity contribution in [1.29, 1.82) is 0 Å². The first-order valence-corrected chi connectivity index (χ1v) is 11.6. The lowest BCUT2D eigenvalue weighted by molar-refractivity contribution is 0.565. The quantitative estimate of drug-likeness (QED) is 0.367. The second-order valence-corrected chi connectivity index (χ2v) is 9.10. The lowest BCUT2D eigenvalue weighted by atomic mass is 9.96. The molecule has 1 N–H and O–H groups in total. The number of hydrogen-bond donors (Lipinski definition) is 1. The first-order chi connectivity index (χ1) is 16.0. The van der Waals surface area contributed by atoms with Crippen molar-refractivity contribution in [3.05, 3.63) is 106 Å². The Labute approximate surface area is 204 Å². The van der Waals surface area contributed by atoms with Crippen molar-refractivity contribution in [3.8, 4) is 5.82 Å². The summed E-state index contributed by atoms with van der Waals surface area (Å²) in [5, 5.41) is 4.88. The van der Waals surface area contributed by atoms with Gasteiger partial charge in [-0.25, -0.2) is 4.98 Å². The summed E-state index contributed by atoms with van der Waals surface area (Å²) in [6.45, 7) is 6.35. The van der Waals surface area contributed by atoms with Crippen molar-refractivity contribution in [1.82, 2.24) is 19.9 Å². The molecular weight excluding hydrogens is 450 g/mol. The van der Waals surface area contributed by atoms with Gasteiger partial charge >= 0.3 is 0 Å². The first kappa shape index (κ1) is 21.6. The zero-order chi connectivity index (χ0) is 23.1. The topological polar surface area (TPSA) is 46.0 Å². The van der Waals surface area contributed by atoms with Crippen LogP contribution in [0.1, 0.15) is 40.3 Å². The summed E-state index contributed by atoms with van der Waals surface area (Å²) in [7, 11) is 0. The minimum atomic E-state index is -0.104. The summed E-state index contributed by atoms with van der Waals surface area (Å²) >= 11 is 12.0. The first-order valence-electron chi connectivity index (χ1n) is 10.8. The van der Waals surface area contributed by atoms with Gasteiger partial charge in [-0.2, -0.15) is 0 Å². The van der Waals surface area contributed by atoms with Gasteiger partial charge in [-0.1, -0.05) is 23.7 Å². The molecule has 1 fully saturated rings. The lowest BCUT2D eigenvalue weighted by Gasteiger charge is -2.28. The number of anilines is 1. The van der Waals surface area contributed by atoms with E-state index < -0.39 is 0 Å². The van der Waals surface area contributed by atoms with Gasteiger partial charge in [-0.3, -0.25) is 4.98 Å². The van der Waals surface area contributed by atoms with Gasteiger partial charge in [-0.05, 0) is 92.6 Å². The lowest BCUT2D eigenvalue weighted by Crippen LogP contribution is -2.29. The van der Waals surface area contributed by atoms with E-state index in [9.17, 15) is 0 Å². The molecule has 0 aliphatic carbocycles. The molecule has 0 saturated carbocycles. The molecule has 7 heteroatoms. The highest BCUT2D eigenvalue weighted by Gasteiger charge is 2.42. The van der Waals surface area contributed by atoms with Gasteiger partial charge in [0.15, 0.2) is 5.11 Å². The van der Waals surface area contributed by atoms with Gasteiger partial charge in [0.05, 0.1) is 17.8 Å². The Morgan fingerprint density at radius 3 is 2.39 bits per heavy atom. The summed E-state index contributed by atoms with van der Waals surface area (Å²) in [6, 6.07) is 19.9. The normalized spacial score (nSPS) is 17.9. The number of halogens is 1. The Kier molecular flexibility index (Phi) is 5.64. The third-order valence-electron chi connectivity index (χ3n) is 6.19. The van der Waals surface area contributed by atoms with Crippen molar-refractivity contribution in [2.45, 2.75) is 32.9 Å². The van der Waals surface area contributed by atoms with Crippen LogP contribution in [0.3, 0.4) is 0 Å². The smallest absolute Gasteiger partial charge is 0.174 e. The Morgan fingerprint density at radius 2 is 1.70 bits per heavy atom. The van der Waals surface area contributed by atoms with Crippen LogP contribution in [0.2, 0.25) is 5.02 Å². The van der Waals surface area contributed by atoms with Crippen molar-refractivity contribution in [2.24, 2.45) is 0 Å². The van der Waals surface area contributed by atoms with Crippen molar-refractivity contribution < 1.29 is 0 Å². The highest BCUT2D eigenvalue weighted by molar-refractivity contribution is 7.80. The standard InChI is InChI=1S/C26H24ClN5S/c1-16-7-6-14-29-25(16)31-17(2)15-21(18(31)3)24-23(22-8-4-5-13-28-22)30-26(33)32(24)20-11-9-19(27)10-12-20/h4-15,23-24H,1-3H3,(H,30,33)/t23-,24-/m1/s1. The van der Waals surface area contributed by atoms with Crippen LogP contribution >= 0.6 is 23.8 Å². The van der Waals surface area contributed by atoms with Crippen molar-refractivity contribution in [3.63, 3.8) is 0 Å². The summed E-state index contributed by atoms with van der Waals surface area (Å²) in [6.07, 6.45) is 3.66. The van der Waals surface area contributed by atoms with Gasteiger partial charge in [0.25, 0.3) is 0 Å². The van der Waals surface area contributed by atoms with E-state index in [-0.39, 0.29) is 12.1 Å². The number of thiocarbonyl (C=S) groups is 1. The average molecular weight is 474 g/mol. The molecule has 1 aliphatic heterocycles.